The number of alkyl halides is 2. The van der Waals surface area contributed by atoms with Gasteiger partial charge in [-0.15, -0.1) is 0 Å². The molecule has 0 aliphatic carbocycles. The van der Waals surface area contributed by atoms with Gasteiger partial charge in [-0.2, -0.15) is 8.78 Å². The van der Waals surface area contributed by atoms with Crippen molar-refractivity contribution in [2.24, 2.45) is 10.7 Å². The Hall–Kier alpha value is -2.87. The van der Waals surface area contributed by atoms with Gasteiger partial charge in [0.2, 0.25) is 0 Å². The molecule has 0 fully saturated rings. The normalized spacial score (nSPS) is 12.8. The number of halogens is 2. The third-order valence-corrected chi connectivity index (χ3v) is 3.27. The Bertz CT molecular complexity index is 709. The number of anilines is 1. The van der Waals surface area contributed by atoms with Crippen molar-refractivity contribution in [3.8, 4) is 11.5 Å². The van der Waals surface area contributed by atoms with E-state index >= 15 is 0 Å². The molecular weight excluding hydrogens is 332 g/mol. The SMILES string of the molecule is COc1ccc(NC(N)=NCC(O)c2cccc(OC(F)F)c2)cc1. The first kappa shape index (κ1) is 18.5. The number of methoxy groups -OCH3 is 1. The van der Waals surface area contributed by atoms with Gasteiger partial charge >= 0.3 is 6.61 Å². The number of aliphatic hydroxyl groups is 1. The average molecular weight is 351 g/mol. The molecule has 134 valence electrons. The van der Waals surface area contributed by atoms with Crippen LogP contribution in [0.1, 0.15) is 11.7 Å². The van der Waals surface area contributed by atoms with Crippen LogP contribution in [0.2, 0.25) is 0 Å². The summed E-state index contributed by atoms with van der Waals surface area (Å²) in [6.45, 7) is -2.96. The van der Waals surface area contributed by atoms with Gasteiger partial charge in [-0.3, -0.25) is 4.99 Å². The number of hydrogen-bond donors (Lipinski definition) is 3. The van der Waals surface area contributed by atoms with Crippen molar-refractivity contribution in [3.05, 3.63) is 54.1 Å². The monoisotopic (exact) mass is 351 g/mol. The molecule has 0 heterocycles. The lowest BCUT2D eigenvalue weighted by molar-refractivity contribution is -0.0499. The fourth-order valence-electron chi connectivity index (χ4n) is 2.05. The standard InChI is InChI=1S/C17H19F2N3O3/c1-24-13-7-5-12(6-8-13)22-17(20)21-10-15(23)11-3-2-4-14(9-11)25-16(18)19/h2-9,15-16,23H,10H2,1H3,(H3,20,21,22). The Morgan fingerprint density at radius 3 is 2.56 bits per heavy atom. The second kappa shape index (κ2) is 8.84. The molecule has 0 aliphatic rings. The van der Waals surface area contributed by atoms with Gasteiger partial charge in [-0.05, 0) is 42.0 Å². The van der Waals surface area contributed by atoms with E-state index in [2.05, 4.69) is 15.0 Å². The molecular formula is C17H19F2N3O3. The van der Waals surface area contributed by atoms with E-state index in [0.29, 0.717) is 17.0 Å². The van der Waals surface area contributed by atoms with E-state index in [1.165, 1.54) is 18.2 Å². The van der Waals surface area contributed by atoms with Gasteiger partial charge in [0.1, 0.15) is 11.5 Å². The van der Waals surface area contributed by atoms with Crippen molar-refractivity contribution in [1.82, 2.24) is 0 Å². The van der Waals surface area contributed by atoms with E-state index in [4.69, 9.17) is 10.5 Å². The highest BCUT2D eigenvalue weighted by atomic mass is 19.3. The van der Waals surface area contributed by atoms with E-state index in [-0.39, 0.29) is 18.3 Å². The molecule has 0 amide bonds. The summed E-state index contributed by atoms with van der Waals surface area (Å²) in [5.41, 5.74) is 6.89. The molecule has 0 aromatic heterocycles. The predicted octanol–water partition coefficient (Wildman–Crippen LogP) is 2.76. The fourth-order valence-corrected chi connectivity index (χ4v) is 2.05. The molecule has 0 spiro atoms. The Morgan fingerprint density at radius 2 is 1.92 bits per heavy atom. The number of guanidine groups is 1. The third kappa shape index (κ3) is 5.92. The zero-order chi connectivity index (χ0) is 18.2. The predicted molar refractivity (Wildman–Crippen MR) is 91.1 cm³/mol. The van der Waals surface area contributed by atoms with Crippen LogP contribution < -0.4 is 20.5 Å². The second-order valence-corrected chi connectivity index (χ2v) is 5.05. The molecule has 25 heavy (non-hydrogen) atoms. The lowest BCUT2D eigenvalue weighted by Crippen LogP contribution is -2.23. The van der Waals surface area contributed by atoms with E-state index in [0.717, 1.165) is 0 Å². The van der Waals surface area contributed by atoms with Gasteiger partial charge in [-0.25, -0.2) is 0 Å². The van der Waals surface area contributed by atoms with Crippen LogP contribution in [-0.2, 0) is 0 Å². The number of rotatable bonds is 7. The number of nitrogens with one attached hydrogen (secondary N) is 1. The first-order valence-corrected chi connectivity index (χ1v) is 7.42. The first-order chi connectivity index (χ1) is 12.0. The smallest absolute Gasteiger partial charge is 0.387 e. The van der Waals surface area contributed by atoms with Gasteiger partial charge in [0.05, 0.1) is 19.8 Å². The quantitative estimate of drug-likeness (QED) is 0.527. The molecule has 1 unspecified atom stereocenters. The maximum absolute atomic E-state index is 12.2. The van der Waals surface area contributed by atoms with Crippen LogP contribution >= 0.6 is 0 Å². The maximum atomic E-state index is 12.2. The zero-order valence-electron chi connectivity index (χ0n) is 13.5. The van der Waals surface area contributed by atoms with Crippen LogP contribution in [-0.4, -0.2) is 31.3 Å². The van der Waals surface area contributed by atoms with Gasteiger partial charge in [0.25, 0.3) is 0 Å². The van der Waals surface area contributed by atoms with Gasteiger partial charge in [-0.1, -0.05) is 12.1 Å². The summed E-state index contributed by atoms with van der Waals surface area (Å²) in [6.07, 6.45) is -1.00. The molecule has 2 rings (SSSR count). The van der Waals surface area contributed by atoms with Crippen LogP contribution in [0.4, 0.5) is 14.5 Å². The lowest BCUT2D eigenvalue weighted by Gasteiger charge is -2.12. The fraction of sp³-hybridized carbons (Fsp3) is 0.235. The zero-order valence-corrected chi connectivity index (χ0v) is 13.5. The molecule has 6 nitrogen and oxygen atoms in total. The molecule has 0 radical (unpaired) electrons. The van der Waals surface area contributed by atoms with Crippen molar-refractivity contribution < 1.29 is 23.4 Å². The number of nitrogens with zero attached hydrogens (tertiary/aromatic N) is 1. The Kier molecular flexibility index (Phi) is 6.53. The molecule has 4 N–H and O–H groups in total. The number of ether oxygens (including phenoxy) is 2. The Balaban J connectivity index is 1.94. The molecule has 2 aromatic rings. The van der Waals surface area contributed by atoms with Crippen LogP contribution in [0.5, 0.6) is 11.5 Å². The summed E-state index contributed by atoms with van der Waals surface area (Å²) in [6, 6.07) is 12.9. The van der Waals surface area contributed by atoms with E-state index in [9.17, 15) is 13.9 Å². The minimum absolute atomic E-state index is 0.0279. The van der Waals surface area contributed by atoms with Crippen molar-refractivity contribution in [2.75, 3.05) is 19.0 Å². The van der Waals surface area contributed by atoms with Crippen molar-refractivity contribution >= 4 is 11.6 Å². The highest BCUT2D eigenvalue weighted by molar-refractivity contribution is 5.92. The number of benzene rings is 2. The number of aliphatic imine (C=N–C) groups is 1. The molecule has 8 heteroatoms. The summed E-state index contributed by atoms with van der Waals surface area (Å²) in [5.74, 6) is 0.798. The van der Waals surface area contributed by atoms with Crippen LogP contribution in [0, 0.1) is 0 Å². The summed E-state index contributed by atoms with van der Waals surface area (Å²) in [4.78, 5) is 4.04. The third-order valence-electron chi connectivity index (χ3n) is 3.27. The van der Waals surface area contributed by atoms with Gasteiger partial charge in [0.15, 0.2) is 5.96 Å². The topological polar surface area (TPSA) is 89.1 Å². The Labute approximate surface area is 143 Å². The highest BCUT2D eigenvalue weighted by Crippen LogP contribution is 2.21. The molecule has 0 bridgehead atoms. The first-order valence-electron chi connectivity index (χ1n) is 7.42. The summed E-state index contributed by atoms with van der Waals surface area (Å²) in [5, 5.41) is 13.0. The molecule has 0 aliphatic heterocycles. The Morgan fingerprint density at radius 1 is 1.20 bits per heavy atom. The van der Waals surface area contributed by atoms with Gasteiger partial charge < -0.3 is 25.6 Å². The summed E-state index contributed by atoms with van der Waals surface area (Å²) in [7, 11) is 1.57. The van der Waals surface area contributed by atoms with Crippen LogP contribution in [0.15, 0.2) is 53.5 Å². The van der Waals surface area contributed by atoms with Crippen molar-refractivity contribution in [2.45, 2.75) is 12.7 Å². The minimum atomic E-state index is -2.92. The van der Waals surface area contributed by atoms with E-state index in [1.54, 1.807) is 37.4 Å². The number of hydrogen-bond acceptors (Lipinski definition) is 4. The van der Waals surface area contributed by atoms with Crippen LogP contribution in [0.25, 0.3) is 0 Å². The van der Waals surface area contributed by atoms with Crippen LogP contribution in [0.3, 0.4) is 0 Å². The molecule has 1 atom stereocenters. The lowest BCUT2D eigenvalue weighted by atomic mass is 10.1. The van der Waals surface area contributed by atoms with Gasteiger partial charge in [0, 0.05) is 5.69 Å². The molecule has 2 aromatic carbocycles. The van der Waals surface area contributed by atoms with E-state index < -0.39 is 12.7 Å². The largest absolute Gasteiger partial charge is 0.497 e. The summed E-state index contributed by atoms with van der Waals surface area (Å²) < 4.78 is 33.8. The average Bonchev–Trinajstić information content (AvgIpc) is 2.60. The van der Waals surface area contributed by atoms with Crippen molar-refractivity contribution in [1.29, 1.82) is 0 Å². The van der Waals surface area contributed by atoms with E-state index in [1.807, 2.05) is 0 Å². The summed E-state index contributed by atoms with van der Waals surface area (Å²) >= 11 is 0. The highest BCUT2D eigenvalue weighted by Gasteiger charge is 2.10. The molecule has 0 saturated carbocycles. The minimum Gasteiger partial charge on any atom is -0.497 e. The van der Waals surface area contributed by atoms with Crippen molar-refractivity contribution in [3.63, 3.8) is 0 Å². The maximum Gasteiger partial charge on any atom is 0.387 e. The number of aliphatic hydroxyl groups excluding tert-OH is 1. The molecule has 0 saturated heterocycles. The second-order valence-electron chi connectivity index (χ2n) is 5.05. The number of nitrogens with two attached hydrogens (primary N) is 1.